The number of hydrogen-bond donors (Lipinski definition) is 0. The van der Waals surface area contributed by atoms with Crippen molar-refractivity contribution in [3.63, 3.8) is 0 Å². The van der Waals surface area contributed by atoms with Gasteiger partial charge in [0.15, 0.2) is 0 Å². The Kier molecular flexibility index (Phi) is 3.79. The van der Waals surface area contributed by atoms with Crippen molar-refractivity contribution in [1.82, 2.24) is 9.38 Å². The smallest absolute Gasteiger partial charge is 0.269 e. The number of pyridine rings is 1. The Labute approximate surface area is 126 Å². The van der Waals surface area contributed by atoms with Crippen molar-refractivity contribution in [2.75, 3.05) is 0 Å². The normalized spacial score (nSPS) is 10.1. The second-order valence-corrected chi connectivity index (χ2v) is 3.90. The highest BCUT2D eigenvalue weighted by Crippen LogP contribution is 2.21. The molecule has 2 heterocycles. The number of non-ortho nitro benzene ring substituents is 1. The number of nitrogens with zero attached hydrogens (tertiary/aromatic N) is 3. The Morgan fingerprint density at radius 2 is 1.84 bits per heavy atom. The molecule has 2 aromatic heterocycles. The Morgan fingerprint density at radius 3 is 2.47 bits per heavy atom. The molecule has 3 rings (SSSR count). The SMILES string of the molecule is I.O=[N+]([O-])c1ccc(-c2cn3ccccc3n2)cc1. The van der Waals surface area contributed by atoms with Crippen LogP contribution >= 0.6 is 24.0 Å². The van der Waals surface area contributed by atoms with Gasteiger partial charge in [0, 0.05) is 30.1 Å². The van der Waals surface area contributed by atoms with Crippen LogP contribution in [0.4, 0.5) is 5.69 Å². The van der Waals surface area contributed by atoms with Gasteiger partial charge >= 0.3 is 0 Å². The summed E-state index contributed by atoms with van der Waals surface area (Å²) in [5, 5.41) is 10.6. The van der Waals surface area contributed by atoms with Crippen molar-refractivity contribution in [3.05, 3.63) is 65.0 Å². The number of hydrogen-bond acceptors (Lipinski definition) is 3. The van der Waals surface area contributed by atoms with E-state index in [0.717, 1.165) is 16.9 Å². The average molecular weight is 367 g/mol. The van der Waals surface area contributed by atoms with Crippen LogP contribution in [0.3, 0.4) is 0 Å². The highest BCUT2D eigenvalue weighted by Gasteiger charge is 2.07. The summed E-state index contributed by atoms with van der Waals surface area (Å²) in [4.78, 5) is 14.6. The van der Waals surface area contributed by atoms with E-state index in [1.807, 2.05) is 35.0 Å². The van der Waals surface area contributed by atoms with Crippen molar-refractivity contribution in [2.45, 2.75) is 0 Å². The van der Waals surface area contributed by atoms with Crippen LogP contribution < -0.4 is 0 Å². The lowest BCUT2D eigenvalue weighted by molar-refractivity contribution is -0.384. The van der Waals surface area contributed by atoms with E-state index in [4.69, 9.17) is 0 Å². The molecule has 5 nitrogen and oxygen atoms in total. The molecule has 0 bridgehead atoms. The summed E-state index contributed by atoms with van der Waals surface area (Å²) in [6.07, 6.45) is 3.81. The Hall–Kier alpha value is -1.96. The highest BCUT2D eigenvalue weighted by molar-refractivity contribution is 14.0. The first-order valence-corrected chi connectivity index (χ1v) is 5.42. The summed E-state index contributed by atoms with van der Waals surface area (Å²) in [5.74, 6) is 0. The molecule has 0 radical (unpaired) electrons. The van der Waals surface area contributed by atoms with Crippen LogP contribution in [0.5, 0.6) is 0 Å². The van der Waals surface area contributed by atoms with Gasteiger partial charge in [-0.1, -0.05) is 6.07 Å². The first kappa shape index (κ1) is 13.5. The molecule has 0 spiro atoms. The molecule has 6 heteroatoms. The topological polar surface area (TPSA) is 60.4 Å². The first-order valence-electron chi connectivity index (χ1n) is 5.42. The van der Waals surface area contributed by atoms with Gasteiger partial charge in [-0.2, -0.15) is 0 Å². The number of nitro groups is 1. The standard InChI is InChI=1S/C13H9N3O2.HI/c17-16(18)11-6-4-10(5-7-11)12-9-15-8-2-1-3-13(15)14-12;/h1-9H;1H. The maximum absolute atomic E-state index is 10.6. The monoisotopic (exact) mass is 367 g/mol. The Bertz CT molecular complexity index is 689. The zero-order valence-corrected chi connectivity index (χ0v) is 12.1. The molecule has 3 aromatic rings. The fourth-order valence-electron chi connectivity index (χ4n) is 1.83. The molecule has 0 aliphatic rings. The lowest BCUT2D eigenvalue weighted by atomic mass is 10.1. The maximum Gasteiger partial charge on any atom is 0.269 e. The molecule has 0 aliphatic heterocycles. The number of halogens is 1. The van der Waals surface area contributed by atoms with Gasteiger partial charge in [-0.15, -0.1) is 24.0 Å². The van der Waals surface area contributed by atoms with Crippen LogP contribution in [0, 0.1) is 10.1 Å². The molecule has 0 fully saturated rings. The zero-order valence-electron chi connectivity index (χ0n) is 9.76. The van der Waals surface area contributed by atoms with E-state index in [0.29, 0.717) is 0 Å². The van der Waals surface area contributed by atoms with E-state index in [2.05, 4.69) is 4.98 Å². The minimum Gasteiger partial charge on any atom is -0.306 e. The first-order chi connectivity index (χ1) is 8.74. The third-order valence-electron chi connectivity index (χ3n) is 2.74. The van der Waals surface area contributed by atoms with Crippen molar-refractivity contribution in [2.24, 2.45) is 0 Å². The number of imidazole rings is 1. The summed E-state index contributed by atoms with van der Waals surface area (Å²) in [6.45, 7) is 0. The molecule has 96 valence electrons. The summed E-state index contributed by atoms with van der Waals surface area (Å²) >= 11 is 0. The van der Waals surface area contributed by atoms with E-state index in [1.54, 1.807) is 12.1 Å². The number of benzene rings is 1. The zero-order chi connectivity index (χ0) is 12.5. The van der Waals surface area contributed by atoms with Crippen LogP contribution in [-0.4, -0.2) is 14.3 Å². The van der Waals surface area contributed by atoms with Gasteiger partial charge < -0.3 is 4.40 Å². The van der Waals surface area contributed by atoms with Gasteiger partial charge in [0.25, 0.3) is 5.69 Å². The molecule has 0 amide bonds. The maximum atomic E-state index is 10.6. The fourth-order valence-corrected chi connectivity index (χ4v) is 1.83. The minimum absolute atomic E-state index is 0. The summed E-state index contributed by atoms with van der Waals surface area (Å²) in [5.41, 5.74) is 2.61. The van der Waals surface area contributed by atoms with Gasteiger partial charge in [0.2, 0.25) is 0 Å². The molecule has 19 heavy (non-hydrogen) atoms. The third-order valence-corrected chi connectivity index (χ3v) is 2.74. The summed E-state index contributed by atoms with van der Waals surface area (Å²) < 4.78 is 1.91. The van der Waals surface area contributed by atoms with Gasteiger partial charge in [-0.3, -0.25) is 10.1 Å². The minimum atomic E-state index is -0.409. The van der Waals surface area contributed by atoms with E-state index in [-0.39, 0.29) is 29.7 Å². The van der Waals surface area contributed by atoms with Crippen LogP contribution in [0.25, 0.3) is 16.9 Å². The second-order valence-electron chi connectivity index (χ2n) is 3.90. The average Bonchev–Trinajstić information content (AvgIpc) is 2.82. The van der Waals surface area contributed by atoms with E-state index in [9.17, 15) is 10.1 Å². The Morgan fingerprint density at radius 1 is 1.11 bits per heavy atom. The van der Waals surface area contributed by atoms with Gasteiger partial charge in [0.05, 0.1) is 10.6 Å². The molecule has 0 saturated heterocycles. The molecule has 0 N–H and O–H groups in total. The van der Waals surface area contributed by atoms with Gasteiger partial charge in [-0.25, -0.2) is 4.98 Å². The molecule has 0 saturated carbocycles. The quantitative estimate of drug-likeness (QED) is 0.396. The Balaban J connectivity index is 0.00000133. The third kappa shape index (κ3) is 2.58. The van der Waals surface area contributed by atoms with Crippen LogP contribution in [0.15, 0.2) is 54.9 Å². The second kappa shape index (κ2) is 5.35. The van der Waals surface area contributed by atoms with Crippen molar-refractivity contribution >= 4 is 35.3 Å². The lowest BCUT2D eigenvalue weighted by Gasteiger charge is -1.95. The van der Waals surface area contributed by atoms with Crippen LogP contribution in [0.2, 0.25) is 0 Å². The number of rotatable bonds is 2. The van der Waals surface area contributed by atoms with Crippen molar-refractivity contribution in [3.8, 4) is 11.3 Å². The molecular formula is C13H10IN3O2. The lowest BCUT2D eigenvalue weighted by Crippen LogP contribution is -1.87. The predicted octanol–water partition coefficient (Wildman–Crippen LogP) is 3.53. The molecule has 0 atom stereocenters. The van der Waals surface area contributed by atoms with Gasteiger partial charge in [-0.05, 0) is 24.3 Å². The summed E-state index contributed by atoms with van der Waals surface area (Å²) in [6, 6.07) is 12.1. The number of aromatic nitrogens is 2. The number of nitro benzene ring substituents is 1. The molecule has 1 aromatic carbocycles. The van der Waals surface area contributed by atoms with Crippen molar-refractivity contribution < 1.29 is 4.92 Å². The van der Waals surface area contributed by atoms with Crippen LogP contribution in [0.1, 0.15) is 0 Å². The molecule has 0 aliphatic carbocycles. The number of fused-ring (bicyclic) bond motifs is 1. The summed E-state index contributed by atoms with van der Waals surface area (Å²) in [7, 11) is 0. The van der Waals surface area contributed by atoms with E-state index in [1.165, 1.54) is 12.1 Å². The molecular weight excluding hydrogens is 357 g/mol. The predicted molar refractivity (Wildman–Crippen MR) is 82.7 cm³/mol. The largest absolute Gasteiger partial charge is 0.306 e. The van der Waals surface area contributed by atoms with E-state index < -0.39 is 4.92 Å². The van der Waals surface area contributed by atoms with Crippen molar-refractivity contribution in [1.29, 1.82) is 0 Å². The van der Waals surface area contributed by atoms with Gasteiger partial charge in [0.1, 0.15) is 5.65 Å². The van der Waals surface area contributed by atoms with Crippen LogP contribution in [-0.2, 0) is 0 Å². The highest BCUT2D eigenvalue weighted by atomic mass is 127. The fraction of sp³-hybridized carbons (Fsp3) is 0. The molecule has 0 unspecified atom stereocenters. The van der Waals surface area contributed by atoms with E-state index >= 15 is 0 Å².